The van der Waals surface area contributed by atoms with E-state index in [4.69, 9.17) is 13.7 Å². The molecule has 1 saturated heterocycles. The van der Waals surface area contributed by atoms with Gasteiger partial charge in [-0.1, -0.05) is 24.3 Å². The molecule has 1 fully saturated rings. The zero-order valence-electron chi connectivity index (χ0n) is 14.4. The molecule has 0 bridgehead atoms. The third-order valence-corrected chi connectivity index (χ3v) is 4.98. The zero-order valence-corrected chi connectivity index (χ0v) is 14.4. The second-order valence-corrected chi connectivity index (χ2v) is 7.20. The van der Waals surface area contributed by atoms with Crippen LogP contribution in [0, 0.1) is 0 Å². The van der Waals surface area contributed by atoms with Gasteiger partial charge in [-0.05, 0) is 57.4 Å². The summed E-state index contributed by atoms with van der Waals surface area (Å²) in [5.41, 5.74) is 2.91. The first-order chi connectivity index (χ1) is 11.4. The van der Waals surface area contributed by atoms with Gasteiger partial charge in [0.25, 0.3) is 0 Å². The van der Waals surface area contributed by atoms with Crippen molar-refractivity contribution in [3.63, 3.8) is 0 Å². The summed E-state index contributed by atoms with van der Waals surface area (Å²) >= 11 is 0. The lowest BCUT2D eigenvalue weighted by Gasteiger charge is -2.32. The van der Waals surface area contributed by atoms with Gasteiger partial charge in [-0.25, -0.2) is 4.98 Å². The van der Waals surface area contributed by atoms with Crippen LogP contribution in [-0.2, 0) is 9.31 Å². The van der Waals surface area contributed by atoms with Gasteiger partial charge < -0.3 is 13.7 Å². The fourth-order valence-corrected chi connectivity index (χ4v) is 2.76. The van der Waals surface area contributed by atoms with E-state index < -0.39 is 0 Å². The van der Waals surface area contributed by atoms with Gasteiger partial charge in [0, 0.05) is 5.56 Å². The number of aromatic nitrogens is 1. The summed E-state index contributed by atoms with van der Waals surface area (Å²) in [4.78, 5) is 4.53. The van der Waals surface area contributed by atoms with Crippen LogP contribution in [0.15, 0.2) is 52.9 Å². The molecule has 0 amide bonds. The first-order valence-corrected chi connectivity index (χ1v) is 8.17. The van der Waals surface area contributed by atoms with E-state index in [1.54, 1.807) is 0 Å². The molecular formula is C19H20BNO3. The van der Waals surface area contributed by atoms with Gasteiger partial charge in [0.15, 0.2) is 5.58 Å². The molecule has 0 saturated carbocycles. The second kappa shape index (κ2) is 5.20. The molecule has 122 valence electrons. The lowest BCUT2D eigenvalue weighted by Crippen LogP contribution is -2.41. The van der Waals surface area contributed by atoms with Gasteiger partial charge in [0.05, 0.1) is 11.2 Å². The van der Waals surface area contributed by atoms with E-state index in [0.29, 0.717) is 5.89 Å². The molecule has 24 heavy (non-hydrogen) atoms. The molecule has 0 atom stereocenters. The summed E-state index contributed by atoms with van der Waals surface area (Å²) in [6, 6.07) is 15.8. The van der Waals surface area contributed by atoms with Gasteiger partial charge in [-0.3, -0.25) is 0 Å². The minimum absolute atomic E-state index is 0.337. The minimum atomic E-state index is -0.354. The smallest absolute Gasteiger partial charge is 0.436 e. The molecule has 0 radical (unpaired) electrons. The van der Waals surface area contributed by atoms with E-state index >= 15 is 0 Å². The van der Waals surface area contributed by atoms with Crippen LogP contribution in [0.1, 0.15) is 27.7 Å². The summed E-state index contributed by atoms with van der Waals surface area (Å²) in [5.74, 6) is 0.622. The summed E-state index contributed by atoms with van der Waals surface area (Å²) in [7, 11) is -0.354. The highest BCUT2D eigenvalue weighted by Gasteiger charge is 2.51. The van der Waals surface area contributed by atoms with E-state index in [-0.39, 0.29) is 18.3 Å². The lowest BCUT2D eigenvalue weighted by atomic mass is 9.79. The molecule has 1 aliphatic heterocycles. The van der Waals surface area contributed by atoms with Crippen molar-refractivity contribution < 1.29 is 13.7 Å². The monoisotopic (exact) mass is 321 g/mol. The maximum Gasteiger partial charge on any atom is 0.494 e. The minimum Gasteiger partial charge on any atom is -0.436 e. The van der Waals surface area contributed by atoms with E-state index in [1.807, 2.05) is 48.5 Å². The number of nitrogens with zero attached hydrogens (tertiary/aromatic N) is 1. The molecule has 1 aliphatic rings. The molecule has 4 nitrogen and oxygen atoms in total. The van der Waals surface area contributed by atoms with Gasteiger partial charge in [0.2, 0.25) is 5.89 Å². The maximum atomic E-state index is 6.08. The van der Waals surface area contributed by atoms with Crippen molar-refractivity contribution in [2.75, 3.05) is 0 Å². The van der Waals surface area contributed by atoms with Gasteiger partial charge in [-0.2, -0.15) is 0 Å². The molecule has 4 rings (SSSR count). The number of oxazole rings is 1. The van der Waals surface area contributed by atoms with E-state index in [1.165, 1.54) is 0 Å². The van der Waals surface area contributed by atoms with Crippen LogP contribution < -0.4 is 5.46 Å². The van der Waals surface area contributed by atoms with E-state index in [2.05, 4.69) is 32.7 Å². The van der Waals surface area contributed by atoms with Crippen molar-refractivity contribution in [1.82, 2.24) is 4.98 Å². The van der Waals surface area contributed by atoms with Crippen molar-refractivity contribution >= 4 is 23.7 Å². The predicted octanol–water partition coefficient (Wildman–Crippen LogP) is 3.79. The zero-order chi connectivity index (χ0) is 16.9. The van der Waals surface area contributed by atoms with Crippen molar-refractivity contribution in [3.05, 3.63) is 48.5 Å². The average molecular weight is 321 g/mol. The Morgan fingerprint density at radius 3 is 2.08 bits per heavy atom. The fourth-order valence-electron chi connectivity index (χ4n) is 2.76. The Balaban J connectivity index is 1.61. The Morgan fingerprint density at radius 2 is 1.46 bits per heavy atom. The van der Waals surface area contributed by atoms with Crippen molar-refractivity contribution in [3.8, 4) is 11.5 Å². The van der Waals surface area contributed by atoms with Crippen LogP contribution >= 0.6 is 0 Å². The van der Waals surface area contributed by atoms with E-state index in [0.717, 1.165) is 22.1 Å². The summed E-state index contributed by atoms with van der Waals surface area (Å²) in [6.45, 7) is 8.22. The number of hydrogen-bond acceptors (Lipinski definition) is 4. The van der Waals surface area contributed by atoms with Crippen LogP contribution in [0.3, 0.4) is 0 Å². The molecule has 2 aromatic carbocycles. The normalized spacial score (nSPS) is 19.1. The van der Waals surface area contributed by atoms with Crippen LogP contribution in [0.5, 0.6) is 0 Å². The highest BCUT2D eigenvalue weighted by molar-refractivity contribution is 6.62. The Labute approximate surface area is 141 Å². The molecule has 2 heterocycles. The van der Waals surface area contributed by atoms with Crippen molar-refractivity contribution in [2.24, 2.45) is 0 Å². The third-order valence-electron chi connectivity index (χ3n) is 4.98. The van der Waals surface area contributed by atoms with Gasteiger partial charge in [-0.15, -0.1) is 0 Å². The van der Waals surface area contributed by atoms with Crippen LogP contribution in [0.2, 0.25) is 0 Å². The first kappa shape index (κ1) is 15.4. The summed E-state index contributed by atoms with van der Waals surface area (Å²) in [6.07, 6.45) is 0. The Hall–Kier alpha value is -2.11. The molecule has 0 spiro atoms. The Bertz CT molecular complexity index is 834. The molecule has 0 unspecified atom stereocenters. The quantitative estimate of drug-likeness (QED) is 0.674. The largest absolute Gasteiger partial charge is 0.494 e. The first-order valence-electron chi connectivity index (χ1n) is 8.17. The molecule has 3 aromatic rings. The number of rotatable bonds is 2. The van der Waals surface area contributed by atoms with Gasteiger partial charge in [0.1, 0.15) is 5.52 Å². The topological polar surface area (TPSA) is 44.5 Å². The Kier molecular flexibility index (Phi) is 3.34. The predicted molar refractivity (Wildman–Crippen MR) is 95.2 cm³/mol. The number of hydrogen-bond donors (Lipinski definition) is 0. The molecule has 0 N–H and O–H groups in total. The molecule has 5 heteroatoms. The lowest BCUT2D eigenvalue weighted by molar-refractivity contribution is 0.00578. The van der Waals surface area contributed by atoms with Gasteiger partial charge >= 0.3 is 7.12 Å². The standard InChI is InChI=1S/C19H20BNO3/c1-18(2)19(3,4)24-20(23-18)14-11-9-13(10-12-14)17-21-15-7-5-6-8-16(15)22-17/h5-12H,1-4H3. The van der Waals surface area contributed by atoms with Crippen LogP contribution in [0.25, 0.3) is 22.6 Å². The summed E-state index contributed by atoms with van der Waals surface area (Å²) in [5, 5.41) is 0. The SMILES string of the molecule is CC1(C)OB(c2ccc(-c3nc4ccccc4o3)cc2)OC1(C)C. The third kappa shape index (κ3) is 2.45. The van der Waals surface area contributed by atoms with Crippen molar-refractivity contribution in [1.29, 1.82) is 0 Å². The second-order valence-electron chi connectivity index (χ2n) is 7.20. The Morgan fingerprint density at radius 1 is 0.833 bits per heavy atom. The van der Waals surface area contributed by atoms with Crippen LogP contribution in [-0.4, -0.2) is 23.3 Å². The molecule has 1 aromatic heterocycles. The molecular weight excluding hydrogens is 301 g/mol. The fraction of sp³-hybridized carbons (Fsp3) is 0.316. The van der Waals surface area contributed by atoms with Crippen molar-refractivity contribution in [2.45, 2.75) is 38.9 Å². The number of fused-ring (bicyclic) bond motifs is 1. The highest BCUT2D eigenvalue weighted by Crippen LogP contribution is 2.36. The summed E-state index contributed by atoms with van der Waals surface area (Å²) < 4.78 is 18.0. The highest BCUT2D eigenvalue weighted by atomic mass is 16.7. The average Bonchev–Trinajstić information content (AvgIpc) is 3.06. The van der Waals surface area contributed by atoms with E-state index in [9.17, 15) is 0 Å². The number of benzene rings is 2. The molecule has 0 aliphatic carbocycles. The number of para-hydroxylation sites is 2. The maximum absolute atomic E-state index is 6.08. The van der Waals surface area contributed by atoms with Crippen LogP contribution in [0.4, 0.5) is 0 Å².